The minimum absolute atomic E-state index is 0.0923. The number of alkyl halides is 2. The number of fused-ring (bicyclic) bond motifs is 2. The highest BCUT2D eigenvalue weighted by molar-refractivity contribution is 5.98. The Balaban J connectivity index is 1.51. The first-order valence-electron chi connectivity index (χ1n) is 11.4. The van der Waals surface area contributed by atoms with Crippen molar-refractivity contribution < 1.29 is 27.0 Å². The van der Waals surface area contributed by atoms with Crippen LogP contribution in [0.1, 0.15) is 25.8 Å². The van der Waals surface area contributed by atoms with E-state index in [9.17, 15) is 13.2 Å². The molecule has 4 rings (SSSR count). The number of hydrogen-bond acceptors (Lipinski definition) is 9. The van der Waals surface area contributed by atoms with E-state index in [4.69, 9.17) is 14.7 Å². The fourth-order valence-electron chi connectivity index (χ4n) is 4.13. The number of nitriles is 1. The molecule has 194 valence electrons. The highest BCUT2D eigenvalue weighted by atomic mass is 19.3. The van der Waals surface area contributed by atoms with Gasteiger partial charge in [0.15, 0.2) is 5.82 Å². The van der Waals surface area contributed by atoms with Crippen LogP contribution in [0.15, 0.2) is 47.3 Å². The number of aromatic nitrogens is 4. The Bertz CT molecular complexity index is 1250. The molecule has 13 heteroatoms. The monoisotopic (exact) mass is 517 g/mol. The molecule has 0 spiro atoms. The van der Waals surface area contributed by atoms with Gasteiger partial charge in [-0.2, -0.15) is 14.6 Å². The number of aliphatic imine (C=N–C) groups is 1. The molecule has 0 radical (unpaired) electrons. The Hall–Kier alpha value is -3.92. The van der Waals surface area contributed by atoms with Crippen molar-refractivity contribution in [3.05, 3.63) is 53.7 Å². The molecule has 0 aromatic carbocycles. The van der Waals surface area contributed by atoms with Gasteiger partial charge in [-0.1, -0.05) is 6.08 Å². The van der Waals surface area contributed by atoms with Crippen molar-refractivity contribution in [1.82, 2.24) is 19.9 Å². The van der Waals surface area contributed by atoms with Crippen LogP contribution in [-0.4, -0.2) is 58.1 Å². The van der Waals surface area contributed by atoms with Crippen LogP contribution < -0.4 is 9.64 Å². The van der Waals surface area contributed by atoms with Crippen molar-refractivity contribution in [2.45, 2.75) is 26.4 Å². The second-order valence-corrected chi connectivity index (χ2v) is 8.52. The topological polar surface area (TPSA) is 109 Å². The number of hydrogen-bond donors (Lipinski definition) is 0. The lowest BCUT2D eigenvalue weighted by atomic mass is 9.84. The average Bonchev–Trinajstić information content (AvgIpc) is 2.89. The molecule has 2 aromatic heterocycles. The van der Waals surface area contributed by atoms with Crippen molar-refractivity contribution in [3.8, 4) is 11.9 Å². The largest absolute Gasteiger partial charge is 0.471 e. The molecule has 0 saturated carbocycles. The van der Waals surface area contributed by atoms with Gasteiger partial charge in [0.2, 0.25) is 11.8 Å². The van der Waals surface area contributed by atoms with Crippen LogP contribution in [0, 0.1) is 29.0 Å². The molecule has 0 N–H and O–H groups in total. The minimum atomic E-state index is -2.66. The molecule has 2 aromatic rings. The summed E-state index contributed by atoms with van der Waals surface area (Å²) in [6.45, 7) is 4.36. The molecule has 9 nitrogen and oxygen atoms in total. The van der Waals surface area contributed by atoms with Crippen molar-refractivity contribution >= 4 is 17.5 Å². The van der Waals surface area contributed by atoms with E-state index in [1.54, 1.807) is 6.92 Å². The molecule has 2 atom stereocenters. The maximum atomic E-state index is 15.2. The summed E-state index contributed by atoms with van der Waals surface area (Å²) in [4.78, 5) is 21.6. The second-order valence-electron chi connectivity index (χ2n) is 8.52. The molecule has 4 heterocycles. The van der Waals surface area contributed by atoms with E-state index in [2.05, 4.69) is 24.9 Å². The fraction of sp³-hybridized carbons (Fsp3) is 0.417. The number of allylic oxidation sites excluding steroid dienone is 4. The standard InChI is InChI=1S/C24H23F4N7O2/c1-3-14(5-29)4-18(25)13(2)34-22-19(26)23(33-12-32-22)37-20-16-8-35(9-17(20)11-36-10-16)24-30-6-15(7-31-24)21(27)28/h3-4,6-7,12,16-17,20-21H,8-11H2,1-2H3/b14-3?,18-4+,34-13?. The summed E-state index contributed by atoms with van der Waals surface area (Å²) >= 11 is 0. The zero-order valence-electron chi connectivity index (χ0n) is 20.0. The molecule has 0 amide bonds. The Morgan fingerprint density at radius 3 is 2.49 bits per heavy atom. The Morgan fingerprint density at radius 1 is 1.22 bits per heavy atom. The van der Waals surface area contributed by atoms with Gasteiger partial charge in [0.1, 0.15) is 18.3 Å². The van der Waals surface area contributed by atoms with Crippen LogP contribution in [-0.2, 0) is 4.74 Å². The van der Waals surface area contributed by atoms with Gasteiger partial charge in [-0.05, 0) is 19.9 Å². The van der Waals surface area contributed by atoms with Gasteiger partial charge >= 0.3 is 0 Å². The van der Waals surface area contributed by atoms with Gasteiger partial charge in [0.05, 0.1) is 36.1 Å². The minimum Gasteiger partial charge on any atom is -0.471 e. The van der Waals surface area contributed by atoms with E-state index >= 15 is 4.39 Å². The predicted molar refractivity (Wildman–Crippen MR) is 125 cm³/mol. The van der Waals surface area contributed by atoms with Gasteiger partial charge in [-0.15, -0.1) is 0 Å². The molecule has 0 aliphatic carbocycles. The number of rotatable bonds is 7. The maximum absolute atomic E-state index is 15.2. The summed E-state index contributed by atoms with van der Waals surface area (Å²) in [5, 5.41) is 8.95. The number of anilines is 1. The zero-order chi connectivity index (χ0) is 26.5. The van der Waals surface area contributed by atoms with E-state index in [1.807, 2.05) is 11.0 Å². The smallest absolute Gasteiger partial charge is 0.266 e. The first kappa shape index (κ1) is 26.2. The summed E-state index contributed by atoms with van der Waals surface area (Å²) in [5.74, 6) is -2.60. The maximum Gasteiger partial charge on any atom is 0.266 e. The summed E-state index contributed by atoms with van der Waals surface area (Å²) in [6.07, 6.45) is 2.57. The lowest BCUT2D eigenvalue weighted by molar-refractivity contribution is -0.0781. The van der Waals surface area contributed by atoms with Crippen LogP contribution in [0.2, 0.25) is 0 Å². The molecular weight excluding hydrogens is 494 g/mol. The lowest BCUT2D eigenvalue weighted by Gasteiger charge is -2.46. The highest BCUT2D eigenvalue weighted by Crippen LogP contribution is 2.34. The molecule has 2 bridgehead atoms. The van der Waals surface area contributed by atoms with E-state index in [0.717, 1.165) is 24.8 Å². The summed E-state index contributed by atoms with van der Waals surface area (Å²) in [5.41, 5.74) is -0.342. The van der Waals surface area contributed by atoms with E-state index in [0.29, 0.717) is 32.3 Å². The molecule has 37 heavy (non-hydrogen) atoms. The summed E-state index contributed by atoms with van der Waals surface area (Å²) in [6, 6.07) is 1.83. The summed E-state index contributed by atoms with van der Waals surface area (Å²) < 4.78 is 66.8. The van der Waals surface area contributed by atoms with Crippen LogP contribution in [0.4, 0.5) is 29.3 Å². The number of ether oxygens (including phenoxy) is 2. The van der Waals surface area contributed by atoms with Gasteiger partial charge < -0.3 is 14.4 Å². The number of nitrogens with zero attached hydrogens (tertiary/aromatic N) is 7. The van der Waals surface area contributed by atoms with Crippen molar-refractivity contribution in [3.63, 3.8) is 0 Å². The molecule has 2 aliphatic rings. The van der Waals surface area contributed by atoms with Gasteiger partial charge in [-0.3, -0.25) is 0 Å². The summed E-state index contributed by atoms with van der Waals surface area (Å²) in [7, 11) is 0. The van der Waals surface area contributed by atoms with Crippen LogP contribution in [0.5, 0.6) is 5.88 Å². The van der Waals surface area contributed by atoms with Crippen LogP contribution in [0.25, 0.3) is 0 Å². The molecule has 2 unspecified atom stereocenters. The van der Waals surface area contributed by atoms with E-state index in [-0.39, 0.29) is 34.6 Å². The van der Waals surface area contributed by atoms with Gasteiger partial charge in [-0.25, -0.2) is 33.1 Å². The van der Waals surface area contributed by atoms with E-state index < -0.39 is 30.0 Å². The zero-order valence-corrected chi connectivity index (χ0v) is 20.0. The first-order chi connectivity index (χ1) is 17.8. The number of halogens is 4. The highest BCUT2D eigenvalue weighted by Gasteiger charge is 2.43. The normalized spacial score (nSPS) is 22.7. The van der Waals surface area contributed by atoms with Crippen LogP contribution >= 0.6 is 0 Å². The van der Waals surface area contributed by atoms with Crippen molar-refractivity contribution in [2.75, 3.05) is 31.2 Å². The quantitative estimate of drug-likeness (QED) is 0.232. The molecule has 2 aliphatic heterocycles. The van der Waals surface area contributed by atoms with Gasteiger partial charge in [0, 0.05) is 37.3 Å². The number of piperidine rings is 1. The predicted octanol–water partition coefficient (Wildman–Crippen LogP) is 4.29. The van der Waals surface area contributed by atoms with Gasteiger partial charge in [0.25, 0.3) is 12.3 Å². The third-order valence-corrected chi connectivity index (χ3v) is 6.02. The van der Waals surface area contributed by atoms with Crippen LogP contribution in [0.3, 0.4) is 0 Å². The molecular formula is C24H23F4N7O2. The average molecular weight is 517 g/mol. The lowest BCUT2D eigenvalue weighted by Crippen LogP contribution is -2.58. The Labute approximate surface area is 210 Å². The molecule has 2 fully saturated rings. The first-order valence-corrected chi connectivity index (χ1v) is 11.4. The second kappa shape index (κ2) is 11.4. The van der Waals surface area contributed by atoms with E-state index in [1.165, 1.54) is 13.0 Å². The fourth-order valence-corrected chi connectivity index (χ4v) is 4.13. The third-order valence-electron chi connectivity index (χ3n) is 6.02. The molecule has 2 saturated heterocycles. The van der Waals surface area contributed by atoms with Crippen molar-refractivity contribution in [1.29, 1.82) is 5.26 Å². The Morgan fingerprint density at radius 2 is 1.89 bits per heavy atom. The Kier molecular flexibility index (Phi) is 8.08. The third kappa shape index (κ3) is 5.91. The SMILES string of the molecule is CC=C(C#N)/C=C(/F)C(C)=Nc1ncnc(OC2C3COCC2CN(c2ncc(C(F)F)cn2)C3)c1F. The van der Waals surface area contributed by atoms with Crippen molar-refractivity contribution in [2.24, 2.45) is 16.8 Å².